The van der Waals surface area contributed by atoms with Crippen molar-refractivity contribution >= 4 is 5.91 Å². The standard InChI is InChI=1S/C13H18N2O2/c1-15-8-7-14-12(13(15)16)9-10-3-5-11(17-2)6-4-10/h3-6,12,14H,7-9H2,1-2H3. The SMILES string of the molecule is COc1ccc(CC2NCCN(C)C2=O)cc1. The van der Waals surface area contributed by atoms with Gasteiger partial charge in [-0.15, -0.1) is 0 Å². The molecule has 1 aliphatic rings. The van der Waals surface area contributed by atoms with Gasteiger partial charge in [0.05, 0.1) is 13.2 Å². The van der Waals surface area contributed by atoms with Gasteiger partial charge < -0.3 is 15.0 Å². The predicted octanol–water partition coefficient (Wildman–Crippen LogP) is 0.668. The van der Waals surface area contributed by atoms with Crippen LogP contribution in [0.15, 0.2) is 24.3 Å². The molecule has 1 saturated heterocycles. The Morgan fingerprint density at radius 3 is 2.76 bits per heavy atom. The average molecular weight is 234 g/mol. The summed E-state index contributed by atoms with van der Waals surface area (Å²) >= 11 is 0. The Labute approximate surface area is 102 Å². The number of carbonyl (C=O) groups excluding carboxylic acids is 1. The molecule has 1 aliphatic heterocycles. The van der Waals surface area contributed by atoms with Crippen LogP contribution in [0.2, 0.25) is 0 Å². The Morgan fingerprint density at radius 2 is 2.12 bits per heavy atom. The van der Waals surface area contributed by atoms with Gasteiger partial charge >= 0.3 is 0 Å². The molecule has 0 radical (unpaired) electrons. The molecular weight excluding hydrogens is 216 g/mol. The molecule has 17 heavy (non-hydrogen) atoms. The molecule has 1 unspecified atom stereocenters. The third-order valence-electron chi connectivity index (χ3n) is 3.11. The fourth-order valence-corrected chi connectivity index (χ4v) is 2.03. The molecule has 0 aromatic heterocycles. The first-order chi connectivity index (χ1) is 8.20. The quantitative estimate of drug-likeness (QED) is 0.835. The van der Waals surface area contributed by atoms with Gasteiger partial charge in [0.25, 0.3) is 0 Å². The zero-order valence-electron chi connectivity index (χ0n) is 10.3. The Kier molecular flexibility index (Phi) is 3.64. The first kappa shape index (κ1) is 11.9. The lowest BCUT2D eigenvalue weighted by Gasteiger charge is -2.30. The predicted molar refractivity (Wildman–Crippen MR) is 66.1 cm³/mol. The number of carbonyl (C=O) groups is 1. The van der Waals surface area contributed by atoms with Gasteiger partial charge in [0.15, 0.2) is 0 Å². The summed E-state index contributed by atoms with van der Waals surface area (Å²) in [6.07, 6.45) is 0.729. The second kappa shape index (κ2) is 5.19. The molecule has 1 N–H and O–H groups in total. The number of ether oxygens (including phenoxy) is 1. The monoisotopic (exact) mass is 234 g/mol. The van der Waals surface area contributed by atoms with E-state index in [2.05, 4.69) is 5.32 Å². The maximum atomic E-state index is 11.9. The highest BCUT2D eigenvalue weighted by molar-refractivity contribution is 5.82. The van der Waals surface area contributed by atoms with Gasteiger partial charge in [-0.05, 0) is 24.1 Å². The highest BCUT2D eigenvalue weighted by Gasteiger charge is 2.25. The fourth-order valence-electron chi connectivity index (χ4n) is 2.03. The number of rotatable bonds is 3. The van der Waals surface area contributed by atoms with Crippen molar-refractivity contribution in [3.63, 3.8) is 0 Å². The van der Waals surface area contributed by atoms with Crippen LogP contribution in [-0.2, 0) is 11.2 Å². The van der Waals surface area contributed by atoms with Crippen molar-refractivity contribution in [2.45, 2.75) is 12.5 Å². The summed E-state index contributed by atoms with van der Waals surface area (Å²) < 4.78 is 5.11. The van der Waals surface area contributed by atoms with Crippen LogP contribution in [0.25, 0.3) is 0 Å². The molecule has 0 saturated carbocycles. The maximum Gasteiger partial charge on any atom is 0.239 e. The van der Waals surface area contributed by atoms with E-state index in [0.717, 1.165) is 30.8 Å². The van der Waals surface area contributed by atoms with Gasteiger partial charge in [-0.3, -0.25) is 4.79 Å². The molecule has 0 aliphatic carbocycles. The first-order valence-electron chi connectivity index (χ1n) is 5.82. The number of hydrogen-bond acceptors (Lipinski definition) is 3. The van der Waals surface area contributed by atoms with E-state index in [1.807, 2.05) is 31.3 Å². The third-order valence-corrected chi connectivity index (χ3v) is 3.11. The number of amides is 1. The van der Waals surface area contributed by atoms with Crippen LogP contribution in [0.1, 0.15) is 5.56 Å². The Bertz CT molecular complexity index is 389. The zero-order valence-corrected chi connectivity index (χ0v) is 10.3. The van der Waals surface area contributed by atoms with E-state index in [0.29, 0.717) is 0 Å². The number of benzene rings is 1. The number of piperazine rings is 1. The van der Waals surface area contributed by atoms with Crippen LogP contribution >= 0.6 is 0 Å². The molecule has 0 bridgehead atoms. The molecule has 1 amide bonds. The summed E-state index contributed by atoms with van der Waals surface area (Å²) in [5.74, 6) is 1.01. The summed E-state index contributed by atoms with van der Waals surface area (Å²) in [7, 11) is 3.50. The summed E-state index contributed by atoms with van der Waals surface area (Å²) in [6.45, 7) is 1.65. The van der Waals surface area contributed by atoms with Crippen molar-refractivity contribution in [2.75, 3.05) is 27.2 Å². The van der Waals surface area contributed by atoms with E-state index in [4.69, 9.17) is 4.74 Å². The minimum Gasteiger partial charge on any atom is -0.497 e. The van der Waals surface area contributed by atoms with Crippen molar-refractivity contribution in [3.8, 4) is 5.75 Å². The van der Waals surface area contributed by atoms with Crippen molar-refractivity contribution in [2.24, 2.45) is 0 Å². The van der Waals surface area contributed by atoms with Gasteiger partial charge in [-0.25, -0.2) is 0 Å². The van der Waals surface area contributed by atoms with Crippen molar-refractivity contribution in [3.05, 3.63) is 29.8 Å². The van der Waals surface area contributed by atoms with Gasteiger partial charge in [-0.2, -0.15) is 0 Å². The molecule has 1 heterocycles. The minimum absolute atomic E-state index is 0.0952. The number of hydrogen-bond donors (Lipinski definition) is 1. The minimum atomic E-state index is -0.0952. The molecule has 0 spiro atoms. The van der Waals surface area contributed by atoms with E-state index < -0.39 is 0 Å². The third kappa shape index (κ3) is 2.77. The first-order valence-corrected chi connectivity index (χ1v) is 5.82. The van der Waals surface area contributed by atoms with E-state index in [9.17, 15) is 4.79 Å². The molecule has 1 aromatic carbocycles. The smallest absolute Gasteiger partial charge is 0.239 e. The lowest BCUT2D eigenvalue weighted by atomic mass is 10.0. The molecule has 1 fully saturated rings. The second-order valence-electron chi connectivity index (χ2n) is 4.32. The maximum absolute atomic E-state index is 11.9. The normalized spacial score (nSPS) is 20.5. The Morgan fingerprint density at radius 1 is 1.41 bits per heavy atom. The number of methoxy groups -OCH3 is 1. The van der Waals surface area contributed by atoms with Crippen LogP contribution in [0.3, 0.4) is 0 Å². The largest absolute Gasteiger partial charge is 0.497 e. The van der Waals surface area contributed by atoms with E-state index >= 15 is 0 Å². The Balaban J connectivity index is 2.01. The van der Waals surface area contributed by atoms with Gasteiger partial charge in [0.1, 0.15) is 5.75 Å². The summed E-state index contributed by atoms with van der Waals surface area (Å²) in [5.41, 5.74) is 1.15. The fraction of sp³-hybridized carbons (Fsp3) is 0.462. The van der Waals surface area contributed by atoms with Crippen LogP contribution in [0.4, 0.5) is 0 Å². The molecule has 4 nitrogen and oxygen atoms in total. The highest BCUT2D eigenvalue weighted by atomic mass is 16.5. The van der Waals surface area contributed by atoms with Crippen LogP contribution in [0.5, 0.6) is 5.75 Å². The van der Waals surface area contributed by atoms with Crippen LogP contribution < -0.4 is 10.1 Å². The number of nitrogens with zero attached hydrogens (tertiary/aromatic N) is 1. The summed E-state index contributed by atoms with van der Waals surface area (Å²) in [5, 5.41) is 3.25. The molecule has 1 aromatic rings. The van der Waals surface area contributed by atoms with E-state index in [-0.39, 0.29) is 11.9 Å². The highest BCUT2D eigenvalue weighted by Crippen LogP contribution is 2.14. The zero-order chi connectivity index (χ0) is 12.3. The topological polar surface area (TPSA) is 41.6 Å². The molecule has 2 rings (SSSR count). The lowest BCUT2D eigenvalue weighted by molar-refractivity contribution is -0.134. The molecule has 4 heteroatoms. The molecule has 92 valence electrons. The molecular formula is C13H18N2O2. The average Bonchev–Trinajstić information content (AvgIpc) is 2.36. The summed E-state index contributed by atoms with van der Waals surface area (Å²) in [4.78, 5) is 13.7. The number of nitrogens with one attached hydrogen (secondary N) is 1. The van der Waals surface area contributed by atoms with Gasteiger partial charge in [-0.1, -0.05) is 12.1 Å². The van der Waals surface area contributed by atoms with Gasteiger partial charge in [0.2, 0.25) is 5.91 Å². The van der Waals surface area contributed by atoms with Crippen LogP contribution in [-0.4, -0.2) is 44.1 Å². The lowest BCUT2D eigenvalue weighted by Crippen LogP contribution is -2.54. The van der Waals surface area contributed by atoms with Crippen molar-refractivity contribution < 1.29 is 9.53 Å². The van der Waals surface area contributed by atoms with Gasteiger partial charge in [0, 0.05) is 20.1 Å². The van der Waals surface area contributed by atoms with E-state index in [1.54, 1.807) is 12.0 Å². The van der Waals surface area contributed by atoms with Crippen molar-refractivity contribution in [1.29, 1.82) is 0 Å². The Hall–Kier alpha value is -1.55. The van der Waals surface area contributed by atoms with Crippen molar-refractivity contribution in [1.82, 2.24) is 10.2 Å². The second-order valence-corrected chi connectivity index (χ2v) is 4.32. The van der Waals surface area contributed by atoms with Crippen LogP contribution in [0, 0.1) is 0 Å². The molecule has 1 atom stereocenters. The summed E-state index contributed by atoms with van der Waals surface area (Å²) in [6, 6.07) is 7.76. The van der Waals surface area contributed by atoms with E-state index in [1.165, 1.54) is 0 Å². The number of likely N-dealkylation sites (N-methyl/N-ethyl adjacent to an activating group) is 1.